The second-order valence-corrected chi connectivity index (χ2v) is 4.42. The van der Waals surface area contributed by atoms with Gasteiger partial charge < -0.3 is 5.32 Å². The highest BCUT2D eigenvalue weighted by Gasteiger charge is 2.15. The van der Waals surface area contributed by atoms with Crippen molar-refractivity contribution in [1.82, 2.24) is 20.4 Å². The molecule has 0 aromatic carbocycles. The van der Waals surface area contributed by atoms with Crippen molar-refractivity contribution in [1.29, 1.82) is 0 Å². The van der Waals surface area contributed by atoms with Gasteiger partial charge in [0.05, 0.1) is 11.9 Å². The summed E-state index contributed by atoms with van der Waals surface area (Å²) in [7, 11) is 0. The Labute approximate surface area is 99.7 Å². The van der Waals surface area contributed by atoms with E-state index in [0.29, 0.717) is 6.04 Å². The number of rotatable bonds is 3. The van der Waals surface area contributed by atoms with Crippen LogP contribution in [0.4, 0.5) is 5.82 Å². The van der Waals surface area contributed by atoms with E-state index in [1.807, 2.05) is 18.3 Å². The van der Waals surface area contributed by atoms with Gasteiger partial charge in [0, 0.05) is 17.8 Å². The molecule has 2 aromatic rings. The van der Waals surface area contributed by atoms with Gasteiger partial charge in [-0.2, -0.15) is 5.10 Å². The molecular formula is C12H15N5. The van der Waals surface area contributed by atoms with Crippen LogP contribution in [0.2, 0.25) is 0 Å². The first-order chi connectivity index (χ1) is 8.42. The zero-order valence-corrected chi connectivity index (χ0v) is 9.56. The van der Waals surface area contributed by atoms with Gasteiger partial charge in [0.2, 0.25) is 0 Å². The van der Waals surface area contributed by atoms with Gasteiger partial charge in [0.1, 0.15) is 5.82 Å². The van der Waals surface area contributed by atoms with Crippen molar-refractivity contribution >= 4 is 5.82 Å². The smallest absolute Gasteiger partial charge is 0.148 e. The number of aromatic nitrogens is 4. The van der Waals surface area contributed by atoms with E-state index >= 15 is 0 Å². The Morgan fingerprint density at radius 2 is 2.06 bits per heavy atom. The van der Waals surface area contributed by atoms with Gasteiger partial charge in [0.25, 0.3) is 0 Å². The molecule has 2 heterocycles. The average Bonchev–Trinajstić information content (AvgIpc) is 3.01. The first kappa shape index (κ1) is 10.3. The van der Waals surface area contributed by atoms with Gasteiger partial charge >= 0.3 is 0 Å². The molecule has 2 N–H and O–H groups in total. The van der Waals surface area contributed by atoms with Crippen LogP contribution in [0.3, 0.4) is 0 Å². The number of hydrogen-bond donors (Lipinski definition) is 2. The van der Waals surface area contributed by atoms with Crippen molar-refractivity contribution in [3.8, 4) is 11.3 Å². The second-order valence-electron chi connectivity index (χ2n) is 4.42. The summed E-state index contributed by atoms with van der Waals surface area (Å²) in [6, 6.07) is 4.52. The molecular weight excluding hydrogens is 214 g/mol. The van der Waals surface area contributed by atoms with E-state index in [1.54, 1.807) is 6.20 Å². The van der Waals surface area contributed by atoms with Crippen LogP contribution in [0.1, 0.15) is 25.7 Å². The molecule has 0 unspecified atom stereocenters. The van der Waals surface area contributed by atoms with Crippen molar-refractivity contribution in [2.24, 2.45) is 0 Å². The molecule has 1 saturated carbocycles. The number of H-pyrrole nitrogens is 1. The highest BCUT2D eigenvalue weighted by Crippen LogP contribution is 2.22. The van der Waals surface area contributed by atoms with E-state index in [4.69, 9.17) is 0 Å². The minimum absolute atomic E-state index is 0.573. The van der Waals surface area contributed by atoms with E-state index in [-0.39, 0.29) is 0 Å². The van der Waals surface area contributed by atoms with Crippen LogP contribution < -0.4 is 5.32 Å². The summed E-state index contributed by atoms with van der Waals surface area (Å²) in [6.45, 7) is 0. The maximum Gasteiger partial charge on any atom is 0.148 e. The molecule has 88 valence electrons. The van der Waals surface area contributed by atoms with Crippen LogP contribution in [0.15, 0.2) is 24.5 Å². The lowest BCUT2D eigenvalue weighted by atomic mass is 10.2. The summed E-state index contributed by atoms with van der Waals surface area (Å²) in [4.78, 5) is 0. The Balaban J connectivity index is 1.71. The average molecular weight is 229 g/mol. The van der Waals surface area contributed by atoms with Gasteiger partial charge in [-0.05, 0) is 25.0 Å². The van der Waals surface area contributed by atoms with Gasteiger partial charge in [-0.25, -0.2) is 0 Å². The van der Waals surface area contributed by atoms with Crippen LogP contribution in [0.5, 0.6) is 0 Å². The van der Waals surface area contributed by atoms with Crippen molar-refractivity contribution in [2.75, 3.05) is 5.32 Å². The van der Waals surface area contributed by atoms with Crippen LogP contribution >= 0.6 is 0 Å². The minimum atomic E-state index is 0.573. The summed E-state index contributed by atoms with van der Waals surface area (Å²) in [5, 5.41) is 18.5. The quantitative estimate of drug-likeness (QED) is 0.847. The molecule has 0 radical (unpaired) electrons. The third-order valence-electron chi connectivity index (χ3n) is 3.17. The Kier molecular flexibility index (Phi) is 2.73. The summed E-state index contributed by atoms with van der Waals surface area (Å²) >= 11 is 0. The molecule has 0 saturated heterocycles. The predicted octanol–water partition coefficient (Wildman–Crippen LogP) is 2.22. The fourth-order valence-corrected chi connectivity index (χ4v) is 2.23. The Morgan fingerprint density at radius 3 is 2.71 bits per heavy atom. The molecule has 2 aromatic heterocycles. The third kappa shape index (κ3) is 2.27. The number of aromatic amines is 1. The summed E-state index contributed by atoms with van der Waals surface area (Å²) in [5.74, 6) is 0.865. The Morgan fingerprint density at radius 1 is 1.18 bits per heavy atom. The summed E-state index contributed by atoms with van der Waals surface area (Å²) in [5.41, 5.74) is 1.81. The fraction of sp³-hybridized carbons (Fsp3) is 0.417. The molecule has 0 atom stereocenters. The zero-order valence-electron chi connectivity index (χ0n) is 9.56. The molecule has 0 spiro atoms. The van der Waals surface area contributed by atoms with Crippen molar-refractivity contribution in [2.45, 2.75) is 31.7 Å². The lowest BCUT2D eigenvalue weighted by molar-refractivity contribution is 0.746. The number of hydrogen-bond acceptors (Lipinski definition) is 4. The SMILES string of the molecule is c1n[nH]cc1-c1ccc(NC2CCCC2)nn1. The molecule has 3 rings (SSSR count). The van der Waals surface area contributed by atoms with Crippen molar-refractivity contribution in [3.63, 3.8) is 0 Å². The Bertz CT molecular complexity index is 456. The van der Waals surface area contributed by atoms with Gasteiger partial charge in [-0.3, -0.25) is 5.10 Å². The first-order valence-electron chi connectivity index (χ1n) is 6.01. The molecule has 1 fully saturated rings. The summed E-state index contributed by atoms with van der Waals surface area (Å²) < 4.78 is 0. The van der Waals surface area contributed by atoms with Gasteiger partial charge in [-0.1, -0.05) is 12.8 Å². The lowest BCUT2D eigenvalue weighted by Crippen LogP contribution is -2.15. The number of anilines is 1. The summed E-state index contributed by atoms with van der Waals surface area (Å²) in [6.07, 6.45) is 8.68. The largest absolute Gasteiger partial charge is 0.366 e. The van der Waals surface area contributed by atoms with E-state index in [9.17, 15) is 0 Å². The number of nitrogens with one attached hydrogen (secondary N) is 2. The minimum Gasteiger partial charge on any atom is -0.366 e. The number of nitrogens with zero attached hydrogens (tertiary/aromatic N) is 3. The van der Waals surface area contributed by atoms with Crippen LogP contribution in [-0.4, -0.2) is 26.4 Å². The van der Waals surface area contributed by atoms with E-state index in [1.165, 1.54) is 25.7 Å². The highest BCUT2D eigenvalue weighted by atomic mass is 15.2. The maximum absolute atomic E-state index is 4.20. The van der Waals surface area contributed by atoms with Crippen LogP contribution in [-0.2, 0) is 0 Å². The first-order valence-corrected chi connectivity index (χ1v) is 6.01. The van der Waals surface area contributed by atoms with Gasteiger partial charge in [0.15, 0.2) is 0 Å². The Hall–Kier alpha value is -1.91. The monoisotopic (exact) mass is 229 g/mol. The fourth-order valence-electron chi connectivity index (χ4n) is 2.23. The predicted molar refractivity (Wildman–Crippen MR) is 65.5 cm³/mol. The second kappa shape index (κ2) is 4.53. The maximum atomic E-state index is 4.20. The molecule has 0 aliphatic heterocycles. The topological polar surface area (TPSA) is 66.5 Å². The van der Waals surface area contributed by atoms with Gasteiger partial charge in [-0.15, -0.1) is 10.2 Å². The molecule has 5 nitrogen and oxygen atoms in total. The molecule has 1 aliphatic carbocycles. The van der Waals surface area contributed by atoms with Crippen molar-refractivity contribution in [3.05, 3.63) is 24.5 Å². The normalized spacial score (nSPS) is 16.2. The molecule has 0 amide bonds. The van der Waals surface area contributed by atoms with Crippen molar-refractivity contribution < 1.29 is 0 Å². The molecule has 1 aliphatic rings. The standard InChI is InChI=1S/C12H15N5/c1-2-4-10(3-1)15-12-6-5-11(16-17-12)9-7-13-14-8-9/h5-8,10H,1-4H2,(H,13,14)(H,15,17). The molecule has 5 heteroatoms. The van der Waals surface area contributed by atoms with E-state index in [0.717, 1.165) is 17.1 Å². The molecule has 0 bridgehead atoms. The van der Waals surface area contributed by atoms with E-state index in [2.05, 4.69) is 25.7 Å². The molecule has 17 heavy (non-hydrogen) atoms. The van der Waals surface area contributed by atoms with E-state index < -0.39 is 0 Å². The van der Waals surface area contributed by atoms with Crippen LogP contribution in [0.25, 0.3) is 11.3 Å². The van der Waals surface area contributed by atoms with Crippen LogP contribution in [0, 0.1) is 0 Å². The third-order valence-corrected chi connectivity index (χ3v) is 3.17. The highest BCUT2D eigenvalue weighted by molar-refractivity contribution is 5.57. The lowest BCUT2D eigenvalue weighted by Gasteiger charge is -2.11. The zero-order chi connectivity index (χ0) is 11.5.